The van der Waals surface area contributed by atoms with Gasteiger partial charge in [0.15, 0.2) is 0 Å². The Hall–Kier alpha value is -1.82. The van der Waals surface area contributed by atoms with Gasteiger partial charge in [0, 0.05) is 51.4 Å². The Bertz CT molecular complexity index is 505. The number of ether oxygens (including phenoxy) is 1. The molecule has 0 aliphatic heterocycles. The van der Waals surface area contributed by atoms with Crippen molar-refractivity contribution in [3.8, 4) is 0 Å². The molecule has 0 bridgehead atoms. The molecule has 2 rings (SSSR count). The highest BCUT2D eigenvalue weighted by Crippen LogP contribution is 2.13. The van der Waals surface area contributed by atoms with Crippen LogP contribution in [0.25, 0.3) is 0 Å². The molecule has 2 heterocycles. The summed E-state index contributed by atoms with van der Waals surface area (Å²) in [6, 6.07) is 2.30. The number of hydrogen-bond donors (Lipinski definition) is 1. The van der Waals surface area contributed by atoms with E-state index < -0.39 is 0 Å². The van der Waals surface area contributed by atoms with E-state index in [1.54, 1.807) is 13.3 Å². The van der Waals surface area contributed by atoms with Crippen molar-refractivity contribution in [2.75, 3.05) is 25.6 Å². The molecule has 0 saturated carbocycles. The average molecular weight is 263 g/mol. The SMILES string of the molecule is COCC(C)n1ccnc1NCCc1ccnn1C. The topological polar surface area (TPSA) is 56.9 Å². The van der Waals surface area contributed by atoms with E-state index >= 15 is 0 Å². The third-order valence-electron chi connectivity index (χ3n) is 3.14. The van der Waals surface area contributed by atoms with Crippen LogP contribution in [0.4, 0.5) is 5.95 Å². The summed E-state index contributed by atoms with van der Waals surface area (Å²) in [6.07, 6.45) is 6.51. The largest absolute Gasteiger partial charge is 0.383 e. The van der Waals surface area contributed by atoms with E-state index in [1.165, 1.54) is 5.69 Å². The number of aryl methyl sites for hydroxylation is 1. The monoisotopic (exact) mass is 263 g/mol. The van der Waals surface area contributed by atoms with Crippen LogP contribution in [0, 0.1) is 0 Å². The Kier molecular flexibility index (Phi) is 4.57. The quantitative estimate of drug-likeness (QED) is 0.822. The third kappa shape index (κ3) is 3.35. The van der Waals surface area contributed by atoms with Crippen LogP contribution in [0.3, 0.4) is 0 Å². The normalized spacial score (nSPS) is 12.6. The van der Waals surface area contributed by atoms with Gasteiger partial charge >= 0.3 is 0 Å². The van der Waals surface area contributed by atoms with E-state index in [2.05, 4.69) is 26.9 Å². The first kappa shape index (κ1) is 13.6. The molecular weight excluding hydrogens is 242 g/mol. The van der Waals surface area contributed by atoms with Crippen molar-refractivity contribution >= 4 is 5.95 Å². The average Bonchev–Trinajstić information content (AvgIpc) is 3.00. The highest BCUT2D eigenvalue weighted by Gasteiger charge is 2.09. The van der Waals surface area contributed by atoms with Crippen LogP contribution in [0.15, 0.2) is 24.7 Å². The van der Waals surface area contributed by atoms with Crippen molar-refractivity contribution in [3.05, 3.63) is 30.4 Å². The van der Waals surface area contributed by atoms with Gasteiger partial charge in [0.05, 0.1) is 12.6 Å². The fourth-order valence-electron chi connectivity index (χ4n) is 2.08. The number of aromatic nitrogens is 4. The predicted molar refractivity (Wildman–Crippen MR) is 74.2 cm³/mol. The molecule has 1 unspecified atom stereocenters. The van der Waals surface area contributed by atoms with Gasteiger partial charge in [-0.2, -0.15) is 5.10 Å². The summed E-state index contributed by atoms with van der Waals surface area (Å²) < 4.78 is 9.15. The molecule has 0 fully saturated rings. The first-order valence-corrected chi connectivity index (χ1v) is 6.45. The van der Waals surface area contributed by atoms with Gasteiger partial charge in [0.1, 0.15) is 0 Å². The lowest BCUT2D eigenvalue weighted by Gasteiger charge is -2.16. The van der Waals surface area contributed by atoms with Crippen LogP contribution >= 0.6 is 0 Å². The van der Waals surface area contributed by atoms with Crippen molar-refractivity contribution in [2.24, 2.45) is 7.05 Å². The Morgan fingerprint density at radius 2 is 2.26 bits per heavy atom. The Morgan fingerprint density at radius 3 is 2.95 bits per heavy atom. The van der Waals surface area contributed by atoms with Gasteiger partial charge in [0.25, 0.3) is 0 Å². The molecule has 19 heavy (non-hydrogen) atoms. The van der Waals surface area contributed by atoms with Crippen LogP contribution < -0.4 is 5.32 Å². The Balaban J connectivity index is 1.89. The predicted octanol–water partition coefficient (Wildman–Crippen LogP) is 1.48. The lowest BCUT2D eigenvalue weighted by molar-refractivity contribution is 0.163. The maximum Gasteiger partial charge on any atom is 0.203 e. The summed E-state index contributed by atoms with van der Waals surface area (Å²) in [5, 5.41) is 7.51. The van der Waals surface area contributed by atoms with Gasteiger partial charge in [-0.1, -0.05) is 0 Å². The number of imidazole rings is 1. The summed E-state index contributed by atoms with van der Waals surface area (Å²) in [6.45, 7) is 3.61. The first-order chi connectivity index (χ1) is 9.22. The molecule has 0 radical (unpaired) electrons. The number of rotatable bonds is 7. The van der Waals surface area contributed by atoms with Crippen molar-refractivity contribution in [1.82, 2.24) is 19.3 Å². The van der Waals surface area contributed by atoms with Crippen LogP contribution in [-0.2, 0) is 18.2 Å². The summed E-state index contributed by atoms with van der Waals surface area (Å²) in [5.41, 5.74) is 1.20. The van der Waals surface area contributed by atoms with Gasteiger partial charge in [0.2, 0.25) is 5.95 Å². The van der Waals surface area contributed by atoms with Gasteiger partial charge < -0.3 is 14.6 Å². The van der Waals surface area contributed by atoms with Crippen molar-refractivity contribution in [3.63, 3.8) is 0 Å². The molecule has 6 nitrogen and oxygen atoms in total. The molecule has 0 aromatic carbocycles. The Labute approximate surface area is 113 Å². The maximum atomic E-state index is 5.17. The first-order valence-electron chi connectivity index (χ1n) is 6.45. The minimum atomic E-state index is 0.270. The third-order valence-corrected chi connectivity index (χ3v) is 3.14. The second kappa shape index (κ2) is 6.38. The molecule has 0 aliphatic carbocycles. The molecule has 0 saturated heterocycles. The number of methoxy groups -OCH3 is 1. The molecule has 0 amide bonds. The number of hydrogen-bond acceptors (Lipinski definition) is 4. The molecular formula is C13H21N5O. The lowest BCUT2D eigenvalue weighted by Crippen LogP contribution is -2.16. The van der Waals surface area contributed by atoms with E-state index in [0.717, 1.165) is 18.9 Å². The molecule has 1 N–H and O–H groups in total. The fourth-order valence-corrected chi connectivity index (χ4v) is 2.08. The van der Waals surface area contributed by atoms with Crippen LogP contribution in [-0.4, -0.2) is 39.6 Å². The summed E-state index contributed by atoms with van der Waals surface area (Å²) in [7, 11) is 3.67. The van der Waals surface area contributed by atoms with E-state index in [9.17, 15) is 0 Å². The molecule has 0 spiro atoms. The van der Waals surface area contributed by atoms with E-state index in [1.807, 2.05) is 30.2 Å². The highest BCUT2D eigenvalue weighted by molar-refractivity contribution is 5.27. The fraction of sp³-hybridized carbons (Fsp3) is 0.538. The summed E-state index contributed by atoms with van der Waals surface area (Å²) in [5.74, 6) is 0.881. The molecule has 2 aromatic rings. The lowest BCUT2D eigenvalue weighted by atomic mass is 10.3. The number of nitrogens with zero attached hydrogens (tertiary/aromatic N) is 4. The van der Waals surface area contributed by atoms with Gasteiger partial charge in [-0.3, -0.25) is 4.68 Å². The number of anilines is 1. The molecule has 104 valence electrons. The van der Waals surface area contributed by atoms with E-state index in [0.29, 0.717) is 6.61 Å². The van der Waals surface area contributed by atoms with Crippen LogP contribution in [0.1, 0.15) is 18.7 Å². The smallest absolute Gasteiger partial charge is 0.203 e. The second-order valence-electron chi connectivity index (χ2n) is 4.59. The minimum absolute atomic E-state index is 0.270. The van der Waals surface area contributed by atoms with Gasteiger partial charge in [-0.15, -0.1) is 0 Å². The second-order valence-corrected chi connectivity index (χ2v) is 4.59. The van der Waals surface area contributed by atoms with Crippen LogP contribution in [0.2, 0.25) is 0 Å². The van der Waals surface area contributed by atoms with Crippen LogP contribution in [0.5, 0.6) is 0 Å². The summed E-state index contributed by atoms with van der Waals surface area (Å²) in [4.78, 5) is 4.33. The summed E-state index contributed by atoms with van der Waals surface area (Å²) >= 11 is 0. The number of nitrogens with one attached hydrogen (secondary N) is 1. The Morgan fingerprint density at radius 1 is 1.42 bits per heavy atom. The standard InChI is InChI=1S/C13H21N5O/c1-11(10-19-3)18-9-8-15-13(18)14-6-4-12-5-7-16-17(12)2/h5,7-9,11H,4,6,10H2,1-3H3,(H,14,15). The maximum absolute atomic E-state index is 5.17. The van der Waals surface area contributed by atoms with Crippen molar-refractivity contribution < 1.29 is 4.74 Å². The molecule has 0 aliphatic rings. The van der Waals surface area contributed by atoms with Crippen molar-refractivity contribution in [1.29, 1.82) is 0 Å². The van der Waals surface area contributed by atoms with E-state index in [-0.39, 0.29) is 6.04 Å². The molecule has 6 heteroatoms. The minimum Gasteiger partial charge on any atom is -0.383 e. The zero-order valence-corrected chi connectivity index (χ0v) is 11.7. The molecule has 1 atom stereocenters. The van der Waals surface area contributed by atoms with E-state index in [4.69, 9.17) is 4.74 Å². The highest BCUT2D eigenvalue weighted by atomic mass is 16.5. The van der Waals surface area contributed by atoms with Crippen molar-refractivity contribution in [2.45, 2.75) is 19.4 Å². The molecule has 2 aromatic heterocycles. The zero-order valence-electron chi connectivity index (χ0n) is 11.7. The van der Waals surface area contributed by atoms with Gasteiger partial charge in [-0.25, -0.2) is 4.98 Å². The zero-order chi connectivity index (χ0) is 13.7. The van der Waals surface area contributed by atoms with Gasteiger partial charge in [-0.05, 0) is 13.0 Å².